The predicted octanol–water partition coefficient (Wildman–Crippen LogP) is 2.65. The van der Waals surface area contributed by atoms with E-state index in [1.54, 1.807) is 38.6 Å². The van der Waals surface area contributed by atoms with Crippen molar-refractivity contribution in [3.8, 4) is 11.6 Å². The summed E-state index contributed by atoms with van der Waals surface area (Å²) in [4.78, 5) is 17.1. The van der Waals surface area contributed by atoms with E-state index in [-0.39, 0.29) is 24.0 Å². The van der Waals surface area contributed by atoms with E-state index >= 15 is 0 Å². The van der Waals surface area contributed by atoms with E-state index < -0.39 is 0 Å². The van der Waals surface area contributed by atoms with Crippen molar-refractivity contribution in [2.24, 2.45) is 5.92 Å². The third-order valence-corrected chi connectivity index (χ3v) is 4.98. The molecule has 2 N–H and O–H groups in total. The number of carbonyl (C=O) groups is 1. The van der Waals surface area contributed by atoms with Crippen LogP contribution >= 0.6 is 0 Å². The van der Waals surface area contributed by atoms with Gasteiger partial charge in [-0.25, -0.2) is 4.98 Å². The van der Waals surface area contributed by atoms with Crippen LogP contribution in [0, 0.1) is 12.8 Å². The average Bonchev–Trinajstić information content (AvgIpc) is 2.64. The third-order valence-electron chi connectivity index (χ3n) is 4.98. The van der Waals surface area contributed by atoms with Gasteiger partial charge in [-0.3, -0.25) is 4.79 Å². The van der Waals surface area contributed by atoms with Gasteiger partial charge in [-0.1, -0.05) is 12.1 Å². The lowest BCUT2D eigenvalue weighted by Gasteiger charge is -2.38. The fourth-order valence-electron chi connectivity index (χ4n) is 3.37. The second kappa shape index (κ2) is 7.74. The maximum atomic E-state index is 12.9. The lowest BCUT2D eigenvalue weighted by molar-refractivity contribution is 0.0234. The smallest absolute Gasteiger partial charge is 0.252 e. The van der Waals surface area contributed by atoms with Crippen LogP contribution in [0.2, 0.25) is 0 Å². The summed E-state index contributed by atoms with van der Waals surface area (Å²) in [5, 5.41) is 12.8. The number of pyridine rings is 1. The number of methoxy groups -OCH3 is 2. The van der Waals surface area contributed by atoms with E-state index in [4.69, 9.17) is 9.47 Å². The van der Waals surface area contributed by atoms with Gasteiger partial charge in [0.25, 0.3) is 5.91 Å². The van der Waals surface area contributed by atoms with Gasteiger partial charge in [-0.15, -0.1) is 0 Å². The molecule has 1 aliphatic carbocycles. The van der Waals surface area contributed by atoms with Crippen LogP contribution in [-0.4, -0.2) is 36.3 Å². The summed E-state index contributed by atoms with van der Waals surface area (Å²) in [5.74, 6) is 1.22. The van der Waals surface area contributed by atoms with Gasteiger partial charge in [-0.2, -0.15) is 0 Å². The number of ether oxygens (including phenoxy) is 2. The lowest BCUT2D eigenvalue weighted by atomic mass is 9.75. The Morgan fingerprint density at radius 2 is 2.00 bits per heavy atom. The first-order valence-corrected chi connectivity index (χ1v) is 8.66. The number of carbonyl (C=O) groups excluding carboxylic acids is 1. The Morgan fingerprint density at radius 3 is 2.58 bits per heavy atom. The molecule has 0 bridgehead atoms. The summed E-state index contributed by atoms with van der Waals surface area (Å²) in [6.07, 6.45) is 2.74. The Balaban J connectivity index is 1.84. The topological polar surface area (TPSA) is 80.7 Å². The van der Waals surface area contributed by atoms with Crippen LogP contribution in [0.3, 0.4) is 0 Å². The van der Waals surface area contributed by atoms with Crippen LogP contribution < -0.4 is 14.8 Å². The number of aliphatic hydroxyl groups excluding tert-OH is 1. The van der Waals surface area contributed by atoms with E-state index in [9.17, 15) is 9.90 Å². The third kappa shape index (κ3) is 3.65. The number of hydrogen-bond donors (Lipinski definition) is 2. The molecule has 6 heteroatoms. The number of rotatable bonds is 6. The summed E-state index contributed by atoms with van der Waals surface area (Å²) in [6.45, 7) is 1.87. The molecule has 2 aromatic rings. The number of hydrogen-bond acceptors (Lipinski definition) is 5. The molecule has 1 atom stereocenters. The lowest BCUT2D eigenvalue weighted by Crippen LogP contribution is -2.41. The fourth-order valence-corrected chi connectivity index (χ4v) is 3.37. The van der Waals surface area contributed by atoms with E-state index in [0.29, 0.717) is 30.0 Å². The van der Waals surface area contributed by atoms with Gasteiger partial charge >= 0.3 is 0 Å². The van der Waals surface area contributed by atoms with Crippen LogP contribution in [0.1, 0.15) is 40.4 Å². The Kier molecular flexibility index (Phi) is 5.42. The van der Waals surface area contributed by atoms with Gasteiger partial charge in [-0.05, 0) is 43.4 Å². The normalized spacial score (nSPS) is 20.0. The second-order valence-electron chi connectivity index (χ2n) is 6.60. The zero-order chi connectivity index (χ0) is 18.7. The van der Waals surface area contributed by atoms with E-state index in [2.05, 4.69) is 10.3 Å². The molecule has 1 aromatic heterocycles. The van der Waals surface area contributed by atoms with E-state index in [1.807, 2.05) is 19.1 Å². The number of nitrogens with one attached hydrogen (secondary N) is 1. The average molecular weight is 356 g/mol. The zero-order valence-corrected chi connectivity index (χ0v) is 15.2. The summed E-state index contributed by atoms with van der Waals surface area (Å²) in [5.41, 5.74) is 2.28. The molecular weight excluding hydrogens is 332 g/mol. The second-order valence-corrected chi connectivity index (χ2v) is 6.60. The number of nitrogens with zero attached hydrogens (tertiary/aromatic N) is 1. The summed E-state index contributed by atoms with van der Waals surface area (Å²) in [7, 11) is 3.15. The molecule has 1 saturated carbocycles. The molecule has 3 rings (SSSR count). The predicted molar refractivity (Wildman–Crippen MR) is 97.5 cm³/mol. The number of aromatic nitrogens is 1. The Hall–Kier alpha value is -2.60. The molecule has 138 valence electrons. The van der Waals surface area contributed by atoms with Crippen molar-refractivity contribution in [3.63, 3.8) is 0 Å². The summed E-state index contributed by atoms with van der Waals surface area (Å²) in [6, 6.07) is 8.89. The molecule has 26 heavy (non-hydrogen) atoms. The first-order chi connectivity index (χ1) is 12.5. The molecule has 1 aromatic carbocycles. The quantitative estimate of drug-likeness (QED) is 0.832. The summed E-state index contributed by atoms with van der Waals surface area (Å²) >= 11 is 0. The largest absolute Gasteiger partial charge is 0.496 e. The maximum Gasteiger partial charge on any atom is 0.252 e. The standard InChI is InChI=1S/C20H24N2O4/c1-12-16(5-4-6-17(12)25-2)20(24)22-19(14-9-15(23)10-14)13-7-8-18(26-3)21-11-13/h4-8,11,14-15,19,23H,9-10H2,1-3H3,(H,22,24)/t14?,15?,19-/m1/s1. The van der Waals surface area contributed by atoms with Gasteiger partial charge < -0.3 is 19.9 Å². The van der Waals surface area contributed by atoms with Crippen LogP contribution in [0.4, 0.5) is 0 Å². The van der Waals surface area contributed by atoms with E-state index in [0.717, 1.165) is 11.1 Å². The molecule has 1 heterocycles. The van der Waals surface area contributed by atoms with Crippen molar-refractivity contribution >= 4 is 5.91 Å². The maximum absolute atomic E-state index is 12.9. The minimum atomic E-state index is -0.302. The highest BCUT2D eigenvalue weighted by atomic mass is 16.5. The molecule has 1 aliphatic rings. The van der Waals surface area contributed by atoms with E-state index in [1.165, 1.54) is 0 Å². The van der Waals surface area contributed by atoms with Crippen LogP contribution in [-0.2, 0) is 0 Å². The van der Waals surface area contributed by atoms with Crippen molar-refractivity contribution in [1.29, 1.82) is 0 Å². The van der Waals surface area contributed by atoms with Crippen molar-refractivity contribution in [3.05, 3.63) is 53.2 Å². The van der Waals surface area contributed by atoms with Gasteiger partial charge in [0.2, 0.25) is 5.88 Å². The van der Waals surface area contributed by atoms with Crippen LogP contribution in [0.5, 0.6) is 11.6 Å². The molecule has 0 spiro atoms. The molecule has 0 aliphatic heterocycles. The van der Waals surface area contributed by atoms with Gasteiger partial charge in [0.05, 0.1) is 26.4 Å². The van der Waals surface area contributed by atoms with Crippen LogP contribution in [0.25, 0.3) is 0 Å². The Morgan fingerprint density at radius 1 is 1.23 bits per heavy atom. The highest BCUT2D eigenvalue weighted by Crippen LogP contribution is 2.38. The van der Waals surface area contributed by atoms with Crippen molar-refractivity contribution in [1.82, 2.24) is 10.3 Å². The summed E-state index contributed by atoms with van der Waals surface area (Å²) < 4.78 is 10.4. The zero-order valence-electron chi connectivity index (χ0n) is 15.2. The van der Waals surface area contributed by atoms with Crippen molar-refractivity contribution in [2.75, 3.05) is 14.2 Å². The molecule has 1 fully saturated rings. The van der Waals surface area contributed by atoms with Gasteiger partial charge in [0.1, 0.15) is 5.75 Å². The van der Waals surface area contributed by atoms with Crippen LogP contribution in [0.15, 0.2) is 36.5 Å². The first kappa shape index (κ1) is 18.2. The Labute approximate surface area is 153 Å². The number of aliphatic hydroxyl groups is 1. The molecule has 6 nitrogen and oxygen atoms in total. The van der Waals surface area contributed by atoms with Gasteiger partial charge in [0.15, 0.2) is 0 Å². The van der Waals surface area contributed by atoms with Gasteiger partial charge in [0, 0.05) is 23.4 Å². The number of amides is 1. The highest BCUT2D eigenvalue weighted by Gasteiger charge is 2.36. The Bertz CT molecular complexity index is 770. The molecule has 0 radical (unpaired) electrons. The molecular formula is C20H24N2O4. The first-order valence-electron chi connectivity index (χ1n) is 8.66. The SMILES string of the molecule is COc1ccc([C@@H](NC(=O)c2cccc(OC)c2C)C2CC(O)C2)cn1. The number of benzene rings is 1. The minimum Gasteiger partial charge on any atom is -0.496 e. The van der Waals surface area contributed by atoms with Crippen molar-refractivity contribution < 1.29 is 19.4 Å². The van der Waals surface area contributed by atoms with Crippen molar-refractivity contribution in [2.45, 2.75) is 31.9 Å². The molecule has 0 unspecified atom stereocenters. The highest BCUT2D eigenvalue weighted by molar-refractivity contribution is 5.96. The monoisotopic (exact) mass is 356 g/mol. The minimum absolute atomic E-state index is 0.163. The fraction of sp³-hybridized carbons (Fsp3) is 0.400. The molecule has 0 saturated heterocycles. The molecule has 1 amide bonds.